The van der Waals surface area contributed by atoms with Gasteiger partial charge in [-0.1, -0.05) is 103 Å². The second-order valence-electron chi connectivity index (χ2n) is 10.8. The van der Waals surface area contributed by atoms with Crippen LogP contribution < -0.4 is 0 Å². The molecule has 39 heavy (non-hydrogen) atoms. The lowest BCUT2D eigenvalue weighted by Gasteiger charge is -2.35. The number of hydrogen-bond acceptors (Lipinski definition) is 2. The third-order valence-corrected chi connectivity index (χ3v) is 8.63. The summed E-state index contributed by atoms with van der Waals surface area (Å²) in [7, 11) is 0. The summed E-state index contributed by atoms with van der Waals surface area (Å²) in [5, 5.41) is 0. The molecule has 2 aliphatic rings. The quantitative estimate of drug-likeness (QED) is 0.308. The van der Waals surface area contributed by atoms with Gasteiger partial charge in [-0.2, -0.15) is 0 Å². The van der Waals surface area contributed by atoms with Crippen molar-refractivity contribution in [3.05, 3.63) is 101 Å². The van der Waals surface area contributed by atoms with Gasteiger partial charge in [-0.15, -0.1) is 0 Å². The van der Waals surface area contributed by atoms with Crippen LogP contribution in [0.5, 0.6) is 0 Å². The molecular weight excluding hydrogens is 472 g/mol. The van der Waals surface area contributed by atoms with E-state index in [9.17, 15) is 0 Å². The lowest BCUT2D eigenvalue weighted by molar-refractivity contribution is 0.233. The monoisotopic (exact) mass is 522 g/mol. The molecule has 0 bridgehead atoms. The first-order valence-electron chi connectivity index (χ1n) is 15.4. The third kappa shape index (κ3) is 7.15. The Morgan fingerprint density at radius 1 is 0.897 bits per heavy atom. The van der Waals surface area contributed by atoms with E-state index < -0.39 is 0 Å². The van der Waals surface area contributed by atoms with Gasteiger partial charge in [-0.05, 0) is 101 Å². The van der Waals surface area contributed by atoms with Crippen LogP contribution in [-0.4, -0.2) is 9.97 Å². The summed E-state index contributed by atoms with van der Waals surface area (Å²) in [6.45, 7) is 19.8. The van der Waals surface area contributed by atoms with Crippen molar-refractivity contribution in [3.8, 4) is 11.1 Å². The van der Waals surface area contributed by atoms with Gasteiger partial charge in [0, 0.05) is 18.0 Å². The highest BCUT2D eigenvalue weighted by atomic mass is 14.8. The van der Waals surface area contributed by atoms with Crippen LogP contribution in [0.3, 0.4) is 0 Å². The van der Waals surface area contributed by atoms with Gasteiger partial charge in [0.1, 0.15) is 6.33 Å². The molecule has 0 N–H and O–H groups in total. The van der Waals surface area contributed by atoms with E-state index in [2.05, 4.69) is 73.2 Å². The topological polar surface area (TPSA) is 25.8 Å². The summed E-state index contributed by atoms with van der Waals surface area (Å²) >= 11 is 0. The number of allylic oxidation sites excluding steroid dienone is 3. The zero-order chi connectivity index (χ0) is 28.4. The SMILES string of the molecule is C=C(C1=C(C)c2ccccc2C1)C(Cc1cc(-c2cncnc2)ccc1CC)C1CCC(C)CC1.CC.CC. The maximum Gasteiger partial charge on any atom is 0.115 e. The molecule has 1 aromatic heterocycles. The van der Waals surface area contributed by atoms with Gasteiger partial charge in [0.25, 0.3) is 0 Å². The van der Waals surface area contributed by atoms with E-state index in [1.54, 1.807) is 6.33 Å². The predicted molar refractivity (Wildman–Crippen MR) is 170 cm³/mol. The van der Waals surface area contributed by atoms with Gasteiger partial charge in [0.15, 0.2) is 0 Å². The van der Waals surface area contributed by atoms with E-state index in [0.29, 0.717) is 11.8 Å². The molecule has 0 saturated heterocycles. The van der Waals surface area contributed by atoms with E-state index in [4.69, 9.17) is 6.58 Å². The molecule has 0 amide bonds. The molecule has 0 spiro atoms. The number of nitrogens with zero attached hydrogens (tertiary/aromatic N) is 2. The van der Waals surface area contributed by atoms with Crippen LogP contribution in [0.1, 0.15) is 96.4 Å². The standard InChI is InChI=1S/C33H38N2.2C2H6/c1-5-25-14-15-27(30-19-34-21-35-20-30)16-29(25)18-33(26-12-10-22(2)11-13-26)24(4)32-17-28-8-6-7-9-31(28)23(32)3;2*1-2/h6-9,14-16,19-22,26,33H,4-5,10-13,17-18H2,1-3H3;2*1-2H3. The molecule has 2 heteroatoms. The van der Waals surface area contributed by atoms with Crippen LogP contribution in [0, 0.1) is 17.8 Å². The highest BCUT2D eigenvalue weighted by Gasteiger charge is 2.32. The Morgan fingerprint density at radius 2 is 1.56 bits per heavy atom. The van der Waals surface area contributed by atoms with Crippen molar-refractivity contribution in [1.82, 2.24) is 9.97 Å². The molecule has 2 nitrogen and oxygen atoms in total. The van der Waals surface area contributed by atoms with Crippen LogP contribution in [0.25, 0.3) is 16.7 Å². The average molecular weight is 523 g/mol. The summed E-state index contributed by atoms with van der Waals surface area (Å²) in [6, 6.07) is 15.8. The van der Waals surface area contributed by atoms with Crippen molar-refractivity contribution >= 4 is 5.57 Å². The maximum absolute atomic E-state index is 4.82. The van der Waals surface area contributed by atoms with Crippen LogP contribution in [0.2, 0.25) is 0 Å². The first kappa shape index (κ1) is 30.5. The minimum Gasteiger partial charge on any atom is -0.244 e. The summed E-state index contributed by atoms with van der Waals surface area (Å²) in [5.74, 6) is 2.04. The molecule has 208 valence electrons. The van der Waals surface area contributed by atoms with Crippen LogP contribution >= 0.6 is 0 Å². The Hall–Kier alpha value is -3.00. The number of aromatic nitrogens is 2. The summed E-state index contributed by atoms with van der Waals surface area (Å²) in [4.78, 5) is 8.50. The number of rotatable bonds is 7. The summed E-state index contributed by atoms with van der Waals surface area (Å²) in [5.41, 5.74) is 12.4. The zero-order valence-electron chi connectivity index (χ0n) is 25.6. The number of aryl methyl sites for hydroxylation is 1. The molecule has 2 aliphatic carbocycles. The third-order valence-electron chi connectivity index (χ3n) is 8.63. The van der Waals surface area contributed by atoms with Crippen molar-refractivity contribution in [1.29, 1.82) is 0 Å². The second kappa shape index (κ2) is 15.0. The minimum atomic E-state index is 0.481. The fraction of sp³-hybridized carbons (Fsp3) is 0.459. The van der Waals surface area contributed by atoms with Crippen molar-refractivity contribution in [2.75, 3.05) is 0 Å². The summed E-state index contributed by atoms with van der Waals surface area (Å²) in [6.07, 6.45) is 13.9. The van der Waals surface area contributed by atoms with Gasteiger partial charge in [0.05, 0.1) is 0 Å². The Bertz CT molecular complexity index is 1230. The predicted octanol–water partition coefficient (Wildman–Crippen LogP) is 10.3. The molecule has 1 heterocycles. The van der Waals surface area contributed by atoms with Gasteiger partial charge < -0.3 is 0 Å². The van der Waals surface area contributed by atoms with Crippen molar-refractivity contribution in [3.63, 3.8) is 0 Å². The van der Waals surface area contributed by atoms with E-state index in [0.717, 1.165) is 30.7 Å². The molecule has 2 aromatic carbocycles. The van der Waals surface area contributed by atoms with Gasteiger partial charge in [0.2, 0.25) is 0 Å². The minimum absolute atomic E-state index is 0.481. The van der Waals surface area contributed by atoms with Crippen molar-refractivity contribution < 1.29 is 0 Å². The Balaban J connectivity index is 0.00000100. The lowest BCUT2D eigenvalue weighted by Crippen LogP contribution is -2.25. The highest BCUT2D eigenvalue weighted by molar-refractivity contribution is 5.78. The van der Waals surface area contributed by atoms with E-state index in [1.165, 1.54) is 70.2 Å². The maximum atomic E-state index is 4.82. The largest absolute Gasteiger partial charge is 0.244 e. The fourth-order valence-electron chi connectivity index (χ4n) is 6.39. The molecule has 3 aromatic rings. The van der Waals surface area contributed by atoms with Crippen molar-refractivity contribution in [2.45, 2.75) is 93.4 Å². The molecule has 0 aliphatic heterocycles. The van der Waals surface area contributed by atoms with Gasteiger partial charge in [-0.3, -0.25) is 0 Å². The smallest absolute Gasteiger partial charge is 0.115 e. The Kier molecular flexibility index (Phi) is 11.7. The number of hydrogen-bond donors (Lipinski definition) is 0. The zero-order valence-corrected chi connectivity index (χ0v) is 25.6. The normalized spacial score (nSPS) is 18.7. The second-order valence-corrected chi connectivity index (χ2v) is 10.8. The fourth-order valence-corrected chi connectivity index (χ4v) is 6.39. The summed E-state index contributed by atoms with van der Waals surface area (Å²) < 4.78 is 0. The van der Waals surface area contributed by atoms with Crippen LogP contribution in [0.15, 0.2) is 78.9 Å². The molecule has 1 atom stereocenters. The number of benzene rings is 2. The first-order valence-corrected chi connectivity index (χ1v) is 15.4. The molecule has 0 radical (unpaired) electrons. The van der Waals surface area contributed by atoms with E-state index in [-0.39, 0.29) is 0 Å². The average Bonchev–Trinajstić information content (AvgIpc) is 3.35. The Morgan fingerprint density at radius 3 is 2.21 bits per heavy atom. The van der Waals surface area contributed by atoms with E-state index in [1.807, 2.05) is 40.1 Å². The molecule has 5 rings (SSSR count). The van der Waals surface area contributed by atoms with Crippen molar-refractivity contribution in [2.24, 2.45) is 17.8 Å². The number of fused-ring (bicyclic) bond motifs is 1. The van der Waals surface area contributed by atoms with E-state index >= 15 is 0 Å². The Labute approximate surface area is 238 Å². The molecule has 1 unspecified atom stereocenters. The molecule has 1 saturated carbocycles. The highest BCUT2D eigenvalue weighted by Crippen LogP contribution is 2.44. The van der Waals surface area contributed by atoms with Gasteiger partial charge in [-0.25, -0.2) is 9.97 Å². The van der Waals surface area contributed by atoms with Crippen LogP contribution in [0.4, 0.5) is 0 Å². The molecule has 1 fully saturated rings. The van der Waals surface area contributed by atoms with Crippen LogP contribution in [-0.2, 0) is 19.3 Å². The molecular formula is C37H50N2. The first-order chi connectivity index (χ1) is 19.0. The lowest BCUT2D eigenvalue weighted by atomic mass is 9.70. The van der Waals surface area contributed by atoms with Gasteiger partial charge >= 0.3 is 0 Å².